The molecule has 0 aliphatic rings. The number of rotatable bonds is 1. The van der Waals surface area contributed by atoms with Gasteiger partial charge < -0.3 is 5.21 Å². The van der Waals surface area contributed by atoms with Crippen molar-refractivity contribution in [3.05, 3.63) is 35.3 Å². The largest absolute Gasteiger partial charge is 0.619 e. The molecule has 0 atom stereocenters. The molecule has 0 saturated heterocycles. The van der Waals surface area contributed by atoms with Gasteiger partial charge in [-0.2, -0.15) is 4.73 Å². The predicted octanol–water partition coefficient (Wildman–Crippen LogP) is -0.561. The van der Waals surface area contributed by atoms with Crippen LogP contribution < -0.4 is 10.2 Å². The van der Waals surface area contributed by atoms with E-state index in [-0.39, 0.29) is 5.56 Å². The highest BCUT2D eigenvalue weighted by Gasteiger charge is 2.03. The number of nitrogens with zero attached hydrogens (tertiary/aromatic N) is 1. The summed E-state index contributed by atoms with van der Waals surface area (Å²) < 4.78 is 0.550. The third-order valence-corrected chi connectivity index (χ3v) is 1.17. The summed E-state index contributed by atoms with van der Waals surface area (Å²) in [4.78, 5) is 10.7. The van der Waals surface area contributed by atoms with Gasteiger partial charge in [0, 0.05) is 12.1 Å². The van der Waals surface area contributed by atoms with E-state index in [9.17, 15) is 10.0 Å². The summed E-state index contributed by atoms with van der Waals surface area (Å²) in [6, 6.07) is 2.61. The Morgan fingerprint density at radius 3 is 2.55 bits per heavy atom. The molecule has 0 aliphatic heterocycles. The zero-order valence-corrected chi connectivity index (χ0v) is 5.52. The summed E-state index contributed by atoms with van der Waals surface area (Å²) in [7, 11) is 0. The normalized spacial score (nSPS) is 9.18. The van der Waals surface area contributed by atoms with Crippen LogP contribution in [-0.2, 0) is 0 Å². The van der Waals surface area contributed by atoms with Crippen LogP contribution in [-0.4, -0.2) is 11.1 Å². The topological polar surface area (TPSA) is 76.3 Å². The van der Waals surface area contributed by atoms with E-state index in [1.807, 2.05) is 0 Å². The Bertz CT molecular complexity index is 257. The van der Waals surface area contributed by atoms with Gasteiger partial charge in [-0.15, -0.1) is 0 Å². The number of amides is 1. The highest BCUT2D eigenvalue weighted by Crippen LogP contribution is 1.92. The lowest BCUT2D eigenvalue weighted by molar-refractivity contribution is -0.605. The van der Waals surface area contributed by atoms with Crippen LogP contribution >= 0.6 is 0 Å². The Balaban J connectivity index is 2.90. The van der Waals surface area contributed by atoms with Gasteiger partial charge in [-0.25, -0.2) is 5.48 Å². The van der Waals surface area contributed by atoms with Crippen LogP contribution in [0, 0.1) is 5.21 Å². The van der Waals surface area contributed by atoms with Gasteiger partial charge in [-0.3, -0.25) is 10.0 Å². The molecule has 5 heteroatoms. The zero-order valence-electron chi connectivity index (χ0n) is 5.52. The summed E-state index contributed by atoms with van der Waals surface area (Å²) in [5.74, 6) is -0.634. The molecule has 1 rings (SSSR count). The van der Waals surface area contributed by atoms with Crippen molar-refractivity contribution in [2.45, 2.75) is 0 Å². The van der Waals surface area contributed by atoms with Crippen LogP contribution in [0.3, 0.4) is 0 Å². The van der Waals surface area contributed by atoms with E-state index < -0.39 is 5.91 Å². The fourth-order valence-corrected chi connectivity index (χ4v) is 0.629. The lowest BCUT2D eigenvalue weighted by atomic mass is 10.3. The second-order valence-electron chi connectivity index (χ2n) is 1.89. The van der Waals surface area contributed by atoms with Gasteiger partial charge >= 0.3 is 0 Å². The van der Waals surface area contributed by atoms with Crippen molar-refractivity contribution in [1.82, 2.24) is 5.48 Å². The third kappa shape index (κ3) is 1.65. The molecule has 1 aromatic heterocycles. The van der Waals surface area contributed by atoms with Crippen LogP contribution in [0.15, 0.2) is 24.5 Å². The predicted molar refractivity (Wildman–Crippen MR) is 34.7 cm³/mol. The molecule has 1 aromatic rings. The summed E-state index contributed by atoms with van der Waals surface area (Å²) >= 11 is 0. The summed E-state index contributed by atoms with van der Waals surface area (Å²) in [5.41, 5.74) is 1.69. The van der Waals surface area contributed by atoms with Gasteiger partial charge in [-0.05, 0) is 0 Å². The minimum Gasteiger partial charge on any atom is -0.619 e. The van der Waals surface area contributed by atoms with Crippen LogP contribution in [0.5, 0.6) is 0 Å². The molecule has 58 valence electrons. The van der Waals surface area contributed by atoms with E-state index in [2.05, 4.69) is 0 Å². The van der Waals surface area contributed by atoms with Gasteiger partial charge in [0.15, 0.2) is 12.4 Å². The van der Waals surface area contributed by atoms with Crippen molar-refractivity contribution in [1.29, 1.82) is 0 Å². The van der Waals surface area contributed by atoms with E-state index in [4.69, 9.17) is 5.21 Å². The van der Waals surface area contributed by atoms with Crippen molar-refractivity contribution in [3.63, 3.8) is 0 Å². The fraction of sp³-hybridized carbons (Fsp3) is 0. The summed E-state index contributed by atoms with van der Waals surface area (Å²) in [6.45, 7) is 0. The molecule has 0 saturated carbocycles. The first-order valence-electron chi connectivity index (χ1n) is 2.87. The third-order valence-electron chi connectivity index (χ3n) is 1.17. The Labute approximate surface area is 62.4 Å². The minimum atomic E-state index is -0.634. The first-order valence-corrected chi connectivity index (χ1v) is 2.87. The van der Waals surface area contributed by atoms with E-state index in [1.165, 1.54) is 30.0 Å². The summed E-state index contributed by atoms with van der Waals surface area (Å²) in [5, 5.41) is 18.6. The monoisotopic (exact) mass is 154 g/mol. The highest BCUT2D eigenvalue weighted by atomic mass is 16.5. The second kappa shape index (κ2) is 2.98. The smallest absolute Gasteiger partial charge is 0.275 e. The maximum absolute atomic E-state index is 10.7. The molecule has 5 nitrogen and oxygen atoms in total. The minimum absolute atomic E-state index is 0.236. The average molecular weight is 154 g/mol. The number of hydroxylamine groups is 1. The molecule has 1 heterocycles. The first kappa shape index (κ1) is 7.49. The van der Waals surface area contributed by atoms with Gasteiger partial charge in [0.05, 0.1) is 5.56 Å². The van der Waals surface area contributed by atoms with Crippen molar-refractivity contribution >= 4 is 5.91 Å². The zero-order chi connectivity index (χ0) is 8.27. The maximum Gasteiger partial charge on any atom is 0.275 e. The molecule has 0 spiro atoms. The van der Waals surface area contributed by atoms with Crippen LogP contribution in [0.2, 0.25) is 0 Å². The Kier molecular flexibility index (Phi) is 2.03. The Hall–Kier alpha value is -1.62. The molecule has 0 aliphatic carbocycles. The molecule has 1 amide bonds. The number of nitrogens with one attached hydrogen (secondary N) is 1. The Morgan fingerprint density at radius 1 is 1.55 bits per heavy atom. The number of hydrogen-bond donors (Lipinski definition) is 2. The van der Waals surface area contributed by atoms with Gasteiger partial charge in [0.25, 0.3) is 5.91 Å². The van der Waals surface area contributed by atoms with Gasteiger partial charge in [-0.1, -0.05) is 0 Å². The van der Waals surface area contributed by atoms with Gasteiger partial charge in [0.2, 0.25) is 0 Å². The quantitative estimate of drug-likeness (QED) is 0.246. The molecule has 0 radical (unpaired) electrons. The molecule has 0 aromatic carbocycles. The van der Waals surface area contributed by atoms with E-state index >= 15 is 0 Å². The lowest BCUT2D eigenvalue weighted by Gasteiger charge is -1.97. The molecular weight excluding hydrogens is 148 g/mol. The van der Waals surface area contributed by atoms with Gasteiger partial charge in [0.1, 0.15) is 0 Å². The Morgan fingerprint density at radius 2 is 2.09 bits per heavy atom. The van der Waals surface area contributed by atoms with Crippen LogP contribution in [0.25, 0.3) is 0 Å². The van der Waals surface area contributed by atoms with Crippen molar-refractivity contribution < 1.29 is 14.7 Å². The highest BCUT2D eigenvalue weighted by molar-refractivity contribution is 5.92. The molecule has 11 heavy (non-hydrogen) atoms. The van der Waals surface area contributed by atoms with Crippen molar-refractivity contribution in [2.24, 2.45) is 0 Å². The number of hydrogen-bond acceptors (Lipinski definition) is 3. The molecular formula is C6H6N2O3. The number of carbonyl (C=O) groups is 1. The van der Waals surface area contributed by atoms with Crippen molar-refractivity contribution in [3.8, 4) is 0 Å². The number of carbonyl (C=O) groups excluding carboxylic acids is 1. The molecule has 0 fully saturated rings. The van der Waals surface area contributed by atoms with Crippen LogP contribution in [0.4, 0.5) is 0 Å². The SMILES string of the molecule is O=C(NO)c1cc[n+]([O-])cc1. The summed E-state index contributed by atoms with van der Waals surface area (Å²) in [6.07, 6.45) is 2.34. The van der Waals surface area contributed by atoms with Crippen LogP contribution in [0.1, 0.15) is 10.4 Å². The number of aromatic nitrogens is 1. The fourth-order valence-electron chi connectivity index (χ4n) is 0.629. The average Bonchev–Trinajstić information content (AvgIpc) is 2.05. The number of pyridine rings is 1. The lowest BCUT2D eigenvalue weighted by Crippen LogP contribution is -2.26. The molecule has 0 bridgehead atoms. The van der Waals surface area contributed by atoms with E-state index in [1.54, 1.807) is 0 Å². The van der Waals surface area contributed by atoms with E-state index in [0.29, 0.717) is 4.73 Å². The molecule has 0 unspecified atom stereocenters. The second-order valence-corrected chi connectivity index (χ2v) is 1.89. The maximum atomic E-state index is 10.7. The molecule has 2 N–H and O–H groups in total. The standard InChI is InChI=1S/C6H6N2O3/c9-6(7-10)5-1-3-8(11)4-2-5/h1-4,10H,(H,7,9). The first-order chi connectivity index (χ1) is 5.24. The van der Waals surface area contributed by atoms with E-state index in [0.717, 1.165) is 0 Å². The van der Waals surface area contributed by atoms with Crippen molar-refractivity contribution in [2.75, 3.05) is 0 Å².